The maximum Gasteiger partial charge on any atom is 0.305 e. The molecule has 3 rings (SSSR count). The number of hydrogen-bond donors (Lipinski definition) is 2. The lowest BCUT2D eigenvalue weighted by Gasteiger charge is -2.30. The highest BCUT2D eigenvalue weighted by Gasteiger charge is 2.28. The van der Waals surface area contributed by atoms with Crippen molar-refractivity contribution in [2.75, 3.05) is 18.0 Å². The van der Waals surface area contributed by atoms with Crippen molar-refractivity contribution >= 4 is 29.0 Å². The van der Waals surface area contributed by atoms with Gasteiger partial charge in [0.1, 0.15) is 5.52 Å². The Bertz CT molecular complexity index is 701. The van der Waals surface area contributed by atoms with Gasteiger partial charge in [0.15, 0.2) is 5.58 Å². The molecule has 2 aromatic rings. The summed E-state index contributed by atoms with van der Waals surface area (Å²) in [5.74, 6) is -1.07. The van der Waals surface area contributed by atoms with Crippen LogP contribution in [-0.4, -0.2) is 41.1 Å². The maximum absolute atomic E-state index is 12.2. The molecule has 24 heavy (non-hydrogen) atoms. The number of oxazole rings is 1. The second kappa shape index (κ2) is 6.90. The standard InChI is InChI=1S/C17H21N3O4/c1-11(10-15(21)22)18-16(23)12-6-8-20(9-7-12)17-19-13-4-2-3-5-14(13)24-17/h2-5,11-12H,6-10H2,1H3,(H,18,23)(H,21,22). The molecule has 7 heteroatoms. The molecule has 0 saturated carbocycles. The highest BCUT2D eigenvalue weighted by Crippen LogP contribution is 2.26. The number of para-hydroxylation sites is 2. The monoisotopic (exact) mass is 331 g/mol. The number of rotatable bonds is 5. The maximum atomic E-state index is 12.2. The van der Waals surface area contributed by atoms with Gasteiger partial charge in [-0.05, 0) is 31.9 Å². The van der Waals surface area contributed by atoms with Crippen LogP contribution in [0.3, 0.4) is 0 Å². The zero-order valence-electron chi connectivity index (χ0n) is 13.6. The second-order valence-electron chi connectivity index (χ2n) is 6.23. The molecule has 0 spiro atoms. The van der Waals surface area contributed by atoms with Gasteiger partial charge >= 0.3 is 5.97 Å². The van der Waals surface area contributed by atoms with E-state index >= 15 is 0 Å². The van der Waals surface area contributed by atoms with Crippen molar-refractivity contribution in [1.82, 2.24) is 10.3 Å². The molecule has 2 heterocycles. The lowest BCUT2D eigenvalue weighted by atomic mass is 9.95. The normalized spacial score (nSPS) is 17.0. The van der Waals surface area contributed by atoms with Gasteiger partial charge in [-0.15, -0.1) is 0 Å². The highest BCUT2D eigenvalue weighted by atomic mass is 16.4. The zero-order valence-corrected chi connectivity index (χ0v) is 13.6. The number of aliphatic carboxylic acids is 1. The fourth-order valence-corrected chi connectivity index (χ4v) is 3.00. The van der Waals surface area contributed by atoms with Gasteiger partial charge in [0.2, 0.25) is 5.91 Å². The average Bonchev–Trinajstić information content (AvgIpc) is 2.98. The predicted molar refractivity (Wildman–Crippen MR) is 88.8 cm³/mol. The minimum absolute atomic E-state index is 0.0620. The Labute approximate surface area is 139 Å². The largest absolute Gasteiger partial charge is 0.481 e. The summed E-state index contributed by atoms with van der Waals surface area (Å²) in [6.07, 6.45) is 1.34. The third-order valence-corrected chi connectivity index (χ3v) is 4.29. The van der Waals surface area contributed by atoms with Gasteiger partial charge in [-0.2, -0.15) is 4.98 Å². The first kappa shape index (κ1) is 16.3. The number of carboxylic acids is 1. The van der Waals surface area contributed by atoms with E-state index in [2.05, 4.69) is 10.3 Å². The summed E-state index contributed by atoms with van der Waals surface area (Å²) in [5.41, 5.74) is 1.59. The molecule has 0 radical (unpaired) electrons. The predicted octanol–water partition coefficient (Wildman–Crippen LogP) is 2.02. The van der Waals surface area contributed by atoms with E-state index in [9.17, 15) is 9.59 Å². The summed E-state index contributed by atoms with van der Waals surface area (Å²) >= 11 is 0. The summed E-state index contributed by atoms with van der Waals surface area (Å²) in [6, 6.07) is 7.86. The number of carbonyl (C=O) groups is 2. The minimum atomic E-state index is -0.909. The van der Waals surface area contributed by atoms with Crippen LogP contribution in [0.1, 0.15) is 26.2 Å². The van der Waals surface area contributed by atoms with Gasteiger partial charge in [-0.25, -0.2) is 0 Å². The number of piperidine rings is 1. The van der Waals surface area contributed by atoms with Crippen LogP contribution in [0.25, 0.3) is 11.1 Å². The van der Waals surface area contributed by atoms with E-state index < -0.39 is 5.97 Å². The summed E-state index contributed by atoms with van der Waals surface area (Å²) < 4.78 is 5.76. The molecule has 1 aliphatic rings. The number of carboxylic acid groups (broad SMARTS) is 1. The van der Waals surface area contributed by atoms with E-state index in [1.165, 1.54) is 0 Å². The minimum Gasteiger partial charge on any atom is -0.481 e. The molecule has 1 aromatic heterocycles. The third kappa shape index (κ3) is 3.67. The molecule has 0 aliphatic carbocycles. The Morgan fingerprint density at radius 2 is 2.08 bits per heavy atom. The quantitative estimate of drug-likeness (QED) is 0.870. The smallest absolute Gasteiger partial charge is 0.305 e. The molecule has 1 fully saturated rings. The van der Waals surface area contributed by atoms with Crippen molar-refractivity contribution in [3.8, 4) is 0 Å². The van der Waals surface area contributed by atoms with E-state index in [-0.39, 0.29) is 24.3 Å². The molecule has 1 saturated heterocycles. The van der Waals surface area contributed by atoms with Gasteiger partial charge in [0, 0.05) is 25.0 Å². The Hall–Kier alpha value is -2.57. The Kier molecular flexibility index (Phi) is 4.69. The molecule has 1 unspecified atom stereocenters. The van der Waals surface area contributed by atoms with Crippen molar-refractivity contribution in [3.05, 3.63) is 24.3 Å². The summed E-state index contributed by atoms with van der Waals surface area (Å²) in [6.45, 7) is 3.09. The van der Waals surface area contributed by atoms with Crippen molar-refractivity contribution in [2.24, 2.45) is 5.92 Å². The van der Waals surface area contributed by atoms with E-state index in [0.717, 1.165) is 11.1 Å². The summed E-state index contributed by atoms with van der Waals surface area (Å²) in [7, 11) is 0. The van der Waals surface area contributed by atoms with Gasteiger partial charge in [-0.3, -0.25) is 9.59 Å². The van der Waals surface area contributed by atoms with Crippen molar-refractivity contribution in [2.45, 2.75) is 32.2 Å². The number of nitrogens with zero attached hydrogens (tertiary/aromatic N) is 2. The number of hydrogen-bond acceptors (Lipinski definition) is 5. The van der Waals surface area contributed by atoms with Gasteiger partial charge < -0.3 is 19.7 Å². The summed E-state index contributed by atoms with van der Waals surface area (Å²) in [5, 5.41) is 11.5. The number of aromatic nitrogens is 1. The third-order valence-electron chi connectivity index (χ3n) is 4.29. The molecule has 1 aliphatic heterocycles. The first-order valence-corrected chi connectivity index (χ1v) is 8.15. The molecule has 2 N–H and O–H groups in total. The van der Waals surface area contributed by atoms with Crippen molar-refractivity contribution in [1.29, 1.82) is 0 Å². The SMILES string of the molecule is CC(CC(=O)O)NC(=O)C1CCN(c2nc3ccccc3o2)CC1. The fraction of sp³-hybridized carbons (Fsp3) is 0.471. The molecule has 1 aromatic carbocycles. The fourth-order valence-electron chi connectivity index (χ4n) is 3.00. The average molecular weight is 331 g/mol. The van der Waals surface area contributed by atoms with Gasteiger partial charge in [0.25, 0.3) is 6.01 Å². The van der Waals surface area contributed by atoms with E-state index in [4.69, 9.17) is 9.52 Å². The van der Waals surface area contributed by atoms with E-state index in [0.29, 0.717) is 31.9 Å². The van der Waals surface area contributed by atoms with E-state index in [1.54, 1.807) is 6.92 Å². The summed E-state index contributed by atoms with van der Waals surface area (Å²) in [4.78, 5) is 29.4. The lowest BCUT2D eigenvalue weighted by Crippen LogP contribution is -2.43. The van der Waals surface area contributed by atoms with Gasteiger partial charge in [0.05, 0.1) is 6.42 Å². The van der Waals surface area contributed by atoms with Crippen LogP contribution >= 0.6 is 0 Å². The van der Waals surface area contributed by atoms with Crippen LogP contribution in [0.5, 0.6) is 0 Å². The molecular formula is C17H21N3O4. The van der Waals surface area contributed by atoms with Gasteiger partial charge in [-0.1, -0.05) is 12.1 Å². The number of fused-ring (bicyclic) bond motifs is 1. The highest BCUT2D eigenvalue weighted by molar-refractivity contribution is 5.80. The Morgan fingerprint density at radius 1 is 1.38 bits per heavy atom. The molecule has 7 nitrogen and oxygen atoms in total. The van der Waals surface area contributed by atoms with Crippen LogP contribution in [0.2, 0.25) is 0 Å². The van der Waals surface area contributed by atoms with Crippen LogP contribution in [0, 0.1) is 5.92 Å². The number of nitrogens with one attached hydrogen (secondary N) is 1. The second-order valence-corrected chi connectivity index (χ2v) is 6.23. The van der Waals surface area contributed by atoms with Crippen LogP contribution in [-0.2, 0) is 9.59 Å². The number of benzene rings is 1. The lowest BCUT2D eigenvalue weighted by molar-refractivity contribution is -0.137. The topological polar surface area (TPSA) is 95.7 Å². The number of amides is 1. The molecule has 1 amide bonds. The van der Waals surface area contributed by atoms with E-state index in [1.807, 2.05) is 29.2 Å². The Morgan fingerprint density at radius 3 is 2.75 bits per heavy atom. The number of carbonyl (C=O) groups excluding carboxylic acids is 1. The molecule has 128 valence electrons. The van der Waals surface area contributed by atoms with Crippen molar-refractivity contribution in [3.63, 3.8) is 0 Å². The first-order valence-electron chi connectivity index (χ1n) is 8.15. The Balaban J connectivity index is 1.55. The molecule has 0 bridgehead atoms. The first-order chi connectivity index (χ1) is 11.5. The zero-order chi connectivity index (χ0) is 17.1. The van der Waals surface area contributed by atoms with Crippen molar-refractivity contribution < 1.29 is 19.1 Å². The molecule has 1 atom stereocenters. The van der Waals surface area contributed by atoms with Crippen LogP contribution in [0.15, 0.2) is 28.7 Å². The van der Waals surface area contributed by atoms with Crippen LogP contribution < -0.4 is 10.2 Å². The van der Waals surface area contributed by atoms with Crippen LogP contribution in [0.4, 0.5) is 6.01 Å². The molecular weight excluding hydrogens is 310 g/mol. The number of anilines is 1.